The highest BCUT2D eigenvalue weighted by molar-refractivity contribution is 7.92. The Bertz CT molecular complexity index is 1070. The first-order valence-corrected chi connectivity index (χ1v) is 11.3. The largest absolute Gasteiger partial charge is 0.399 e. The van der Waals surface area contributed by atoms with Crippen molar-refractivity contribution in [3.63, 3.8) is 0 Å². The molecule has 8 nitrogen and oxygen atoms in total. The summed E-state index contributed by atoms with van der Waals surface area (Å²) >= 11 is 0. The molecule has 0 amide bonds. The minimum absolute atomic E-state index is 0.0219. The normalized spacial score (nSPS) is 16.5. The number of sulfone groups is 2. The van der Waals surface area contributed by atoms with Crippen LogP contribution < -0.4 is 10.3 Å². The zero-order chi connectivity index (χ0) is 18.9. The second-order valence-corrected chi connectivity index (χ2v) is 10.4. The number of nitrogens with zero attached hydrogens (tertiary/aromatic N) is 1. The molecule has 0 spiro atoms. The molecule has 0 atom stereocenters. The van der Waals surface area contributed by atoms with Gasteiger partial charge < -0.3 is 5.73 Å². The predicted molar refractivity (Wildman–Crippen MR) is 94.5 cm³/mol. The average molecular weight is 398 g/mol. The molecule has 10 heteroatoms. The Balaban J connectivity index is 2.00. The summed E-state index contributed by atoms with van der Waals surface area (Å²) in [5.74, 6) is 0. The number of hydrogen-bond donors (Lipinski definition) is 2. The van der Waals surface area contributed by atoms with Crippen molar-refractivity contribution in [2.24, 2.45) is 0 Å². The topological polar surface area (TPSA) is 133 Å². The molecule has 3 N–H and O–H groups in total. The highest BCUT2D eigenvalue weighted by Crippen LogP contribution is 2.27. The van der Waals surface area contributed by atoms with E-state index < -0.39 is 30.0 Å². The molecule has 0 saturated heterocycles. The maximum absolute atomic E-state index is 12.7. The number of hydrogen-bond acceptors (Lipinski definition) is 6. The molecular weight excluding hydrogens is 378 g/mol. The molecule has 26 heavy (non-hydrogen) atoms. The summed E-state index contributed by atoms with van der Waals surface area (Å²) in [6.45, 7) is 0. The maximum Gasteiger partial charge on any atom is 0.382 e. The van der Waals surface area contributed by atoms with Gasteiger partial charge in [0, 0.05) is 11.8 Å². The number of aromatic nitrogens is 2. The van der Waals surface area contributed by atoms with Gasteiger partial charge in [0.15, 0.2) is 9.57 Å². The molecule has 1 heterocycles. The fraction of sp³-hybridized carbons (Fsp3) is 0.375. The zero-order valence-electron chi connectivity index (χ0n) is 14.0. The predicted octanol–water partition coefficient (Wildman–Crippen LogP) is 1.45. The van der Waals surface area contributed by atoms with E-state index in [4.69, 9.17) is 5.73 Å². The zero-order valence-corrected chi connectivity index (χ0v) is 15.6. The van der Waals surface area contributed by atoms with Crippen LogP contribution in [0.4, 0.5) is 5.69 Å². The van der Waals surface area contributed by atoms with E-state index in [9.17, 15) is 21.7 Å². The third kappa shape index (κ3) is 3.38. The highest BCUT2D eigenvalue weighted by Gasteiger charge is 2.37. The van der Waals surface area contributed by atoms with Crippen LogP contribution in [0.25, 0.3) is 0 Å². The van der Waals surface area contributed by atoms with Crippen molar-refractivity contribution in [2.75, 3.05) is 5.73 Å². The van der Waals surface area contributed by atoms with E-state index in [1.165, 1.54) is 24.3 Å². The molecule has 1 aliphatic rings. The third-order valence-corrected chi connectivity index (χ3v) is 8.48. The van der Waals surface area contributed by atoms with Crippen LogP contribution in [0.5, 0.6) is 0 Å². The number of nitrogens with one attached hydrogen (secondary N) is 1. The van der Waals surface area contributed by atoms with Crippen LogP contribution in [0, 0.1) is 4.91 Å². The Morgan fingerprint density at radius 3 is 2.12 bits per heavy atom. The van der Waals surface area contributed by atoms with Gasteiger partial charge in [-0.1, -0.05) is 19.3 Å². The lowest BCUT2D eigenvalue weighted by molar-refractivity contribution is -0.610. The van der Waals surface area contributed by atoms with Crippen molar-refractivity contribution >= 4 is 25.4 Å². The molecule has 3 rings (SSSR count). The van der Waals surface area contributed by atoms with Crippen LogP contribution in [-0.2, 0) is 19.7 Å². The van der Waals surface area contributed by atoms with E-state index >= 15 is 0 Å². The van der Waals surface area contributed by atoms with Crippen molar-refractivity contribution < 1.29 is 21.4 Å². The molecule has 2 aromatic rings. The summed E-state index contributed by atoms with van der Waals surface area (Å²) in [6, 6.07) is 7.66. The Morgan fingerprint density at radius 2 is 1.54 bits per heavy atom. The van der Waals surface area contributed by atoms with Gasteiger partial charge in [0.2, 0.25) is 19.7 Å². The SMILES string of the molecule is Nc1ccc(S(=O)(=O)c2ccc(S(=O)(=O)C3CCCCC3)[n+](=O)[nH]2)cc1. The molecule has 1 aliphatic carbocycles. The Morgan fingerprint density at radius 1 is 0.923 bits per heavy atom. The van der Waals surface area contributed by atoms with Gasteiger partial charge >= 0.3 is 5.03 Å². The first-order chi connectivity index (χ1) is 12.2. The lowest BCUT2D eigenvalue weighted by atomic mass is 10.0. The van der Waals surface area contributed by atoms with Gasteiger partial charge in [0.05, 0.1) is 15.1 Å². The molecule has 0 unspecified atom stereocenters. The number of aromatic amines is 1. The molecule has 0 aliphatic heterocycles. The maximum atomic E-state index is 12.7. The molecule has 0 radical (unpaired) electrons. The van der Waals surface area contributed by atoms with Crippen molar-refractivity contribution in [1.29, 1.82) is 0 Å². The summed E-state index contributed by atoms with van der Waals surface area (Å²) in [5.41, 5.74) is 5.95. The van der Waals surface area contributed by atoms with Crippen LogP contribution >= 0.6 is 0 Å². The van der Waals surface area contributed by atoms with Crippen molar-refractivity contribution in [2.45, 2.75) is 52.3 Å². The lowest BCUT2D eigenvalue weighted by Crippen LogP contribution is -2.35. The molecule has 1 saturated carbocycles. The fourth-order valence-corrected chi connectivity index (χ4v) is 6.12. The van der Waals surface area contributed by atoms with Crippen molar-refractivity contribution in [3.05, 3.63) is 41.3 Å². The van der Waals surface area contributed by atoms with Crippen molar-refractivity contribution in [1.82, 2.24) is 5.10 Å². The monoisotopic (exact) mass is 398 g/mol. The summed E-state index contributed by atoms with van der Waals surface area (Å²) in [4.78, 5) is 12.2. The molecule has 140 valence electrons. The fourth-order valence-electron chi connectivity index (χ4n) is 3.09. The van der Waals surface area contributed by atoms with E-state index in [0.29, 0.717) is 18.5 Å². The van der Waals surface area contributed by atoms with E-state index in [0.717, 1.165) is 31.4 Å². The van der Waals surface area contributed by atoms with Gasteiger partial charge in [-0.15, -0.1) is 5.10 Å². The summed E-state index contributed by atoms with van der Waals surface area (Å²) in [7, 11) is -7.81. The van der Waals surface area contributed by atoms with Gasteiger partial charge in [0.1, 0.15) is 0 Å². The van der Waals surface area contributed by atoms with Crippen molar-refractivity contribution in [3.8, 4) is 0 Å². The molecule has 1 aromatic heterocycles. The van der Waals surface area contributed by atoms with Gasteiger partial charge in [0.25, 0.3) is 0 Å². The summed E-state index contributed by atoms with van der Waals surface area (Å²) in [5, 5.41) is 0.683. The smallest absolute Gasteiger partial charge is 0.382 e. The minimum Gasteiger partial charge on any atom is -0.399 e. The second-order valence-electron chi connectivity index (χ2n) is 6.32. The minimum atomic E-state index is -3.99. The molecule has 0 bridgehead atoms. The first-order valence-electron chi connectivity index (χ1n) is 8.23. The quantitative estimate of drug-likeness (QED) is 0.591. The number of nitrogens with two attached hydrogens (primary N) is 1. The van der Waals surface area contributed by atoms with Gasteiger partial charge in [-0.25, -0.2) is 16.8 Å². The summed E-state index contributed by atoms with van der Waals surface area (Å²) < 4.78 is 50.5. The van der Waals surface area contributed by atoms with E-state index in [2.05, 4.69) is 5.10 Å². The Hall–Kier alpha value is -2.20. The number of rotatable bonds is 4. The second kappa shape index (κ2) is 6.84. The van der Waals surface area contributed by atoms with E-state index in [-0.39, 0.29) is 14.5 Å². The van der Waals surface area contributed by atoms with E-state index in [1.807, 2.05) is 0 Å². The van der Waals surface area contributed by atoms with Crippen LogP contribution in [-0.4, -0.2) is 27.2 Å². The van der Waals surface area contributed by atoms with Gasteiger partial charge in [-0.3, -0.25) is 0 Å². The molecule has 1 aromatic carbocycles. The van der Waals surface area contributed by atoms with Crippen LogP contribution in [0.3, 0.4) is 0 Å². The van der Waals surface area contributed by atoms with Crippen LogP contribution in [0.2, 0.25) is 0 Å². The summed E-state index contributed by atoms with van der Waals surface area (Å²) in [6.07, 6.45) is 3.60. The number of H-pyrrole nitrogens is 1. The Labute approximate surface area is 151 Å². The lowest BCUT2D eigenvalue weighted by Gasteiger charge is -2.18. The third-order valence-electron chi connectivity index (χ3n) is 4.55. The van der Waals surface area contributed by atoms with Crippen LogP contribution in [0.1, 0.15) is 32.1 Å². The standard InChI is InChI=1S/C16H20N3O5S2/c17-12-6-8-14(9-7-12)25(21,22)15-10-11-16(19(20)18-15)26(23,24)13-4-2-1-3-5-13/h6-11,13H,1-5,17H2,(H,18,20)/q+1. The average Bonchev–Trinajstić information content (AvgIpc) is 2.62. The number of benzene rings is 1. The number of nitrogen functional groups attached to an aromatic ring is 1. The molecular formula is C16H20N3O5S2+. The Kier molecular flexibility index (Phi) is 4.89. The van der Waals surface area contributed by atoms with E-state index in [1.54, 1.807) is 0 Å². The van der Waals surface area contributed by atoms with Gasteiger partial charge in [-0.05, 0) is 43.2 Å². The first kappa shape index (κ1) is 18.6. The van der Waals surface area contributed by atoms with Gasteiger partial charge in [-0.2, -0.15) is 0 Å². The molecule has 1 fully saturated rings. The van der Waals surface area contributed by atoms with Crippen LogP contribution in [0.15, 0.2) is 51.3 Å². The highest BCUT2D eigenvalue weighted by atomic mass is 32.2. The number of anilines is 1.